The minimum absolute atomic E-state index is 0.245. The zero-order valence-electron chi connectivity index (χ0n) is 12.9. The lowest BCUT2D eigenvalue weighted by Crippen LogP contribution is -2.45. The van der Waals surface area contributed by atoms with Crippen LogP contribution >= 0.6 is 0 Å². The molecule has 106 valence electrons. The molecule has 0 radical (unpaired) electrons. The Balaban J connectivity index is 2.14. The molecule has 0 amide bonds. The summed E-state index contributed by atoms with van der Waals surface area (Å²) in [5.41, 5.74) is 3.14. The lowest BCUT2D eigenvalue weighted by molar-refractivity contribution is 0.169. The van der Waals surface area contributed by atoms with Crippen LogP contribution in [0.3, 0.4) is 0 Å². The smallest absolute Gasteiger partial charge is 0.0346 e. The van der Waals surface area contributed by atoms with Gasteiger partial charge in [-0.15, -0.1) is 0 Å². The van der Waals surface area contributed by atoms with Crippen LogP contribution in [0.1, 0.15) is 51.3 Å². The van der Waals surface area contributed by atoms with Crippen LogP contribution in [-0.2, 0) is 5.41 Å². The van der Waals surface area contributed by atoms with Crippen molar-refractivity contribution in [1.82, 2.24) is 10.2 Å². The van der Waals surface area contributed by atoms with Crippen LogP contribution in [0.15, 0.2) is 24.3 Å². The first-order valence-electron chi connectivity index (χ1n) is 7.57. The summed E-state index contributed by atoms with van der Waals surface area (Å²) < 4.78 is 0. The van der Waals surface area contributed by atoms with E-state index in [1.807, 2.05) is 0 Å². The topological polar surface area (TPSA) is 15.3 Å². The maximum absolute atomic E-state index is 3.43. The molecular weight excluding hydrogens is 232 g/mol. The van der Waals surface area contributed by atoms with Crippen molar-refractivity contribution in [2.45, 2.75) is 45.6 Å². The molecule has 1 aliphatic rings. The highest BCUT2D eigenvalue weighted by atomic mass is 15.2. The summed E-state index contributed by atoms with van der Waals surface area (Å²) in [5, 5.41) is 3.43. The summed E-state index contributed by atoms with van der Waals surface area (Å²) >= 11 is 0. The highest BCUT2D eigenvalue weighted by molar-refractivity contribution is 5.29. The van der Waals surface area contributed by atoms with E-state index in [9.17, 15) is 0 Å². The lowest BCUT2D eigenvalue weighted by atomic mass is 9.86. The monoisotopic (exact) mass is 260 g/mol. The molecule has 2 rings (SSSR count). The van der Waals surface area contributed by atoms with E-state index in [4.69, 9.17) is 0 Å². The molecule has 0 saturated carbocycles. The third kappa shape index (κ3) is 3.58. The standard InChI is InChI=1S/C17H28N2/c1-5-16(19-12-10-18-11-13-19)14-6-8-15(9-7-14)17(2,3)4/h6-9,16,18H,5,10-13H2,1-4H3/t16-/m0/s1. The first-order valence-corrected chi connectivity index (χ1v) is 7.57. The Hall–Kier alpha value is -0.860. The van der Waals surface area contributed by atoms with Crippen LogP contribution in [0.5, 0.6) is 0 Å². The van der Waals surface area contributed by atoms with Crippen molar-refractivity contribution >= 4 is 0 Å². The van der Waals surface area contributed by atoms with Crippen LogP contribution in [0.4, 0.5) is 0 Å². The van der Waals surface area contributed by atoms with Gasteiger partial charge < -0.3 is 5.32 Å². The highest BCUT2D eigenvalue weighted by Crippen LogP contribution is 2.28. The molecule has 1 fully saturated rings. The molecule has 1 saturated heterocycles. The fourth-order valence-electron chi connectivity index (χ4n) is 2.90. The van der Waals surface area contributed by atoms with Gasteiger partial charge in [0.05, 0.1) is 0 Å². The Kier molecular flexibility index (Phi) is 4.64. The van der Waals surface area contributed by atoms with Crippen molar-refractivity contribution in [2.24, 2.45) is 0 Å². The number of hydrogen-bond donors (Lipinski definition) is 1. The molecule has 0 unspecified atom stereocenters. The van der Waals surface area contributed by atoms with E-state index in [1.54, 1.807) is 0 Å². The molecule has 0 bridgehead atoms. The zero-order valence-corrected chi connectivity index (χ0v) is 12.9. The van der Waals surface area contributed by atoms with Gasteiger partial charge in [0.2, 0.25) is 0 Å². The molecule has 0 aromatic heterocycles. The zero-order chi connectivity index (χ0) is 13.9. The Morgan fingerprint density at radius 2 is 1.68 bits per heavy atom. The largest absolute Gasteiger partial charge is 0.314 e. The summed E-state index contributed by atoms with van der Waals surface area (Å²) in [6, 6.07) is 9.85. The number of nitrogens with zero attached hydrogens (tertiary/aromatic N) is 1. The molecule has 1 heterocycles. The number of nitrogens with one attached hydrogen (secondary N) is 1. The predicted octanol–water partition coefficient (Wildman–Crippen LogP) is 3.34. The van der Waals surface area contributed by atoms with Gasteiger partial charge in [-0.1, -0.05) is 52.0 Å². The van der Waals surface area contributed by atoms with Crippen LogP contribution in [0.25, 0.3) is 0 Å². The summed E-state index contributed by atoms with van der Waals surface area (Å²) in [5.74, 6) is 0. The first-order chi connectivity index (χ1) is 9.02. The molecule has 1 aromatic carbocycles. The predicted molar refractivity (Wildman–Crippen MR) is 82.6 cm³/mol. The van der Waals surface area contributed by atoms with Gasteiger partial charge in [0.1, 0.15) is 0 Å². The van der Waals surface area contributed by atoms with E-state index >= 15 is 0 Å². The lowest BCUT2D eigenvalue weighted by Gasteiger charge is -2.35. The molecule has 1 N–H and O–H groups in total. The number of rotatable bonds is 3. The second-order valence-corrected chi connectivity index (χ2v) is 6.58. The second kappa shape index (κ2) is 6.06. The van der Waals surface area contributed by atoms with E-state index in [1.165, 1.54) is 30.6 Å². The second-order valence-electron chi connectivity index (χ2n) is 6.58. The van der Waals surface area contributed by atoms with E-state index in [-0.39, 0.29) is 5.41 Å². The van der Waals surface area contributed by atoms with E-state index < -0.39 is 0 Å². The third-order valence-corrected chi connectivity index (χ3v) is 4.14. The Labute approximate surface area is 118 Å². The maximum atomic E-state index is 3.43. The van der Waals surface area contributed by atoms with Gasteiger partial charge in [0, 0.05) is 32.2 Å². The van der Waals surface area contributed by atoms with Gasteiger partial charge in [0.15, 0.2) is 0 Å². The number of piperazine rings is 1. The van der Waals surface area contributed by atoms with Crippen LogP contribution in [0, 0.1) is 0 Å². The average Bonchev–Trinajstić information content (AvgIpc) is 2.40. The van der Waals surface area contributed by atoms with Gasteiger partial charge in [-0.25, -0.2) is 0 Å². The van der Waals surface area contributed by atoms with Gasteiger partial charge in [-0.2, -0.15) is 0 Å². The highest BCUT2D eigenvalue weighted by Gasteiger charge is 2.21. The van der Waals surface area contributed by atoms with Crippen molar-refractivity contribution in [3.8, 4) is 0 Å². The van der Waals surface area contributed by atoms with Crippen LogP contribution in [0.2, 0.25) is 0 Å². The van der Waals surface area contributed by atoms with Crippen LogP contribution < -0.4 is 5.32 Å². The normalized spacial score (nSPS) is 19.4. The third-order valence-electron chi connectivity index (χ3n) is 4.14. The fraction of sp³-hybridized carbons (Fsp3) is 0.647. The molecule has 1 aromatic rings. The molecule has 0 spiro atoms. The number of hydrogen-bond acceptors (Lipinski definition) is 2. The van der Waals surface area contributed by atoms with Crippen molar-refractivity contribution in [1.29, 1.82) is 0 Å². The summed E-state index contributed by atoms with van der Waals surface area (Å²) in [7, 11) is 0. The Bertz CT molecular complexity index is 383. The van der Waals surface area contributed by atoms with E-state index in [0.29, 0.717) is 6.04 Å². The molecule has 2 nitrogen and oxygen atoms in total. The first kappa shape index (κ1) is 14.5. The molecule has 2 heteroatoms. The average molecular weight is 260 g/mol. The van der Waals surface area contributed by atoms with Crippen molar-refractivity contribution in [3.05, 3.63) is 35.4 Å². The molecular formula is C17H28N2. The summed E-state index contributed by atoms with van der Waals surface area (Å²) in [6.07, 6.45) is 1.19. The summed E-state index contributed by atoms with van der Waals surface area (Å²) in [4.78, 5) is 2.61. The molecule has 1 aliphatic heterocycles. The Morgan fingerprint density at radius 1 is 1.11 bits per heavy atom. The van der Waals surface area contributed by atoms with E-state index in [2.05, 4.69) is 62.2 Å². The maximum Gasteiger partial charge on any atom is 0.0346 e. The van der Waals surface area contributed by atoms with Gasteiger partial charge in [-0.3, -0.25) is 4.90 Å². The summed E-state index contributed by atoms with van der Waals surface area (Å²) in [6.45, 7) is 13.7. The van der Waals surface area contributed by atoms with Gasteiger partial charge in [0.25, 0.3) is 0 Å². The van der Waals surface area contributed by atoms with E-state index in [0.717, 1.165) is 13.1 Å². The fourth-order valence-corrected chi connectivity index (χ4v) is 2.90. The number of benzene rings is 1. The quantitative estimate of drug-likeness (QED) is 0.896. The van der Waals surface area contributed by atoms with Crippen molar-refractivity contribution in [2.75, 3.05) is 26.2 Å². The Morgan fingerprint density at radius 3 is 2.16 bits per heavy atom. The molecule has 1 atom stereocenters. The minimum atomic E-state index is 0.245. The SMILES string of the molecule is CC[C@@H](c1ccc(C(C)(C)C)cc1)N1CCNCC1. The van der Waals surface area contributed by atoms with Crippen molar-refractivity contribution < 1.29 is 0 Å². The minimum Gasteiger partial charge on any atom is -0.314 e. The van der Waals surface area contributed by atoms with Crippen molar-refractivity contribution in [3.63, 3.8) is 0 Å². The molecule has 19 heavy (non-hydrogen) atoms. The van der Waals surface area contributed by atoms with Gasteiger partial charge in [-0.05, 0) is 23.0 Å². The van der Waals surface area contributed by atoms with Crippen LogP contribution in [-0.4, -0.2) is 31.1 Å². The van der Waals surface area contributed by atoms with Gasteiger partial charge >= 0.3 is 0 Å². The molecule has 0 aliphatic carbocycles.